The summed E-state index contributed by atoms with van der Waals surface area (Å²) in [6.45, 7) is 0. The molecule has 0 fully saturated rings. The second-order valence-corrected chi connectivity index (χ2v) is 5.20. The Morgan fingerprint density at radius 2 is 2.22 bits per heavy atom. The van der Waals surface area contributed by atoms with Crippen LogP contribution in [0.4, 0.5) is 0 Å². The predicted molar refractivity (Wildman–Crippen MR) is 74.5 cm³/mol. The Balaban J connectivity index is 1.89. The van der Waals surface area contributed by atoms with E-state index in [9.17, 15) is 0 Å². The van der Waals surface area contributed by atoms with Gasteiger partial charge >= 0.3 is 0 Å². The van der Waals surface area contributed by atoms with E-state index in [1.165, 1.54) is 4.88 Å². The molecule has 0 radical (unpaired) electrons. The highest BCUT2D eigenvalue weighted by Gasteiger charge is 2.09. The maximum atomic E-state index is 6.24. The largest absolute Gasteiger partial charge is 0.324 e. The lowest BCUT2D eigenvalue weighted by molar-refractivity contribution is 0.730. The summed E-state index contributed by atoms with van der Waals surface area (Å²) in [7, 11) is 0. The van der Waals surface area contributed by atoms with Crippen LogP contribution in [0.15, 0.2) is 48.2 Å². The highest BCUT2D eigenvalue weighted by atomic mass is 32.1. The molecule has 3 rings (SSSR count). The molecular weight excluding hydrogens is 242 g/mol. The normalized spacial score (nSPS) is 12.7. The van der Waals surface area contributed by atoms with Gasteiger partial charge in [-0.15, -0.1) is 11.3 Å². The van der Waals surface area contributed by atoms with Gasteiger partial charge in [0.2, 0.25) is 0 Å². The third-order valence-electron chi connectivity index (χ3n) is 2.96. The van der Waals surface area contributed by atoms with E-state index in [1.807, 2.05) is 23.8 Å². The van der Waals surface area contributed by atoms with Gasteiger partial charge in [0.05, 0.1) is 11.0 Å². The average Bonchev–Trinajstić information content (AvgIpc) is 2.91. The van der Waals surface area contributed by atoms with Crippen LogP contribution in [0.25, 0.3) is 10.9 Å². The molecule has 2 N–H and O–H groups in total. The van der Waals surface area contributed by atoms with Gasteiger partial charge in [-0.25, -0.2) is 0 Å². The zero-order chi connectivity index (χ0) is 12.4. The van der Waals surface area contributed by atoms with Crippen LogP contribution < -0.4 is 5.73 Å². The molecule has 3 nitrogen and oxygen atoms in total. The number of pyridine rings is 1. The first-order valence-electron chi connectivity index (χ1n) is 5.80. The summed E-state index contributed by atoms with van der Waals surface area (Å²) in [6.07, 6.45) is 4.52. The summed E-state index contributed by atoms with van der Waals surface area (Å²) in [4.78, 5) is 9.60. The third-order valence-corrected chi connectivity index (χ3v) is 3.76. The number of aromatic nitrogens is 2. The van der Waals surface area contributed by atoms with Crippen LogP contribution in [0.2, 0.25) is 0 Å². The van der Waals surface area contributed by atoms with E-state index < -0.39 is 0 Å². The fraction of sp³-hybridized carbons (Fsp3) is 0.143. The first-order chi connectivity index (χ1) is 8.83. The van der Waals surface area contributed by atoms with Crippen molar-refractivity contribution in [3.63, 3.8) is 0 Å². The maximum absolute atomic E-state index is 6.24. The maximum Gasteiger partial charge on any atom is 0.0794 e. The van der Waals surface area contributed by atoms with Crippen molar-refractivity contribution in [1.82, 2.24) is 9.97 Å². The minimum absolute atomic E-state index is 0.00931. The van der Waals surface area contributed by atoms with Crippen LogP contribution in [0.3, 0.4) is 0 Å². The van der Waals surface area contributed by atoms with E-state index >= 15 is 0 Å². The van der Waals surface area contributed by atoms with Gasteiger partial charge in [0, 0.05) is 35.1 Å². The summed E-state index contributed by atoms with van der Waals surface area (Å²) in [5.74, 6) is 0. The number of nitrogens with zero attached hydrogens (tertiary/aromatic N) is 2. The van der Waals surface area contributed by atoms with Gasteiger partial charge in [-0.2, -0.15) is 0 Å². The molecule has 1 aromatic carbocycles. The van der Waals surface area contributed by atoms with E-state index in [4.69, 9.17) is 5.73 Å². The van der Waals surface area contributed by atoms with E-state index in [1.54, 1.807) is 17.5 Å². The second-order valence-electron chi connectivity index (χ2n) is 4.23. The third kappa shape index (κ3) is 2.25. The predicted octanol–water partition coefficient (Wildman–Crippen LogP) is 2.93. The van der Waals surface area contributed by atoms with E-state index in [0.29, 0.717) is 0 Å². The molecule has 1 atom stereocenters. The number of nitrogens with two attached hydrogens (primary N) is 1. The zero-order valence-corrected chi connectivity index (χ0v) is 10.6. The van der Waals surface area contributed by atoms with Crippen molar-refractivity contribution in [2.75, 3.05) is 0 Å². The van der Waals surface area contributed by atoms with Crippen LogP contribution in [0, 0.1) is 0 Å². The monoisotopic (exact) mass is 255 g/mol. The minimum atomic E-state index is 0.00931. The highest BCUT2D eigenvalue weighted by Crippen LogP contribution is 2.21. The molecule has 2 aromatic heterocycles. The van der Waals surface area contributed by atoms with Gasteiger partial charge in [-0.3, -0.25) is 9.97 Å². The molecule has 0 aliphatic rings. The molecule has 0 amide bonds. The van der Waals surface area contributed by atoms with E-state index in [2.05, 4.69) is 28.2 Å². The first-order valence-corrected chi connectivity index (χ1v) is 6.68. The van der Waals surface area contributed by atoms with Crippen molar-refractivity contribution in [2.24, 2.45) is 5.73 Å². The number of hydrogen-bond donors (Lipinski definition) is 1. The average molecular weight is 255 g/mol. The van der Waals surface area contributed by atoms with E-state index in [-0.39, 0.29) is 6.04 Å². The van der Waals surface area contributed by atoms with Gasteiger partial charge in [0.1, 0.15) is 0 Å². The number of benzene rings is 1. The molecule has 0 aliphatic heterocycles. The SMILES string of the molecule is NC(Cc1cncs1)c1ccc2ncccc2c1. The van der Waals surface area contributed by atoms with Gasteiger partial charge in [0.25, 0.3) is 0 Å². The number of hydrogen-bond acceptors (Lipinski definition) is 4. The molecule has 0 saturated carbocycles. The van der Waals surface area contributed by atoms with Gasteiger partial charge < -0.3 is 5.73 Å². The fourth-order valence-corrected chi connectivity index (χ4v) is 2.66. The van der Waals surface area contributed by atoms with Crippen molar-refractivity contribution in [2.45, 2.75) is 12.5 Å². The summed E-state index contributed by atoms with van der Waals surface area (Å²) in [5, 5.41) is 1.13. The topological polar surface area (TPSA) is 51.8 Å². The lowest BCUT2D eigenvalue weighted by Gasteiger charge is -2.11. The number of thiazole rings is 1. The molecule has 0 aliphatic carbocycles. The second kappa shape index (κ2) is 4.84. The van der Waals surface area contributed by atoms with E-state index in [0.717, 1.165) is 22.9 Å². The van der Waals surface area contributed by atoms with Crippen LogP contribution in [-0.2, 0) is 6.42 Å². The smallest absolute Gasteiger partial charge is 0.0794 e. The Morgan fingerprint density at radius 1 is 1.28 bits per heavy atom. The van der Waals surface area contributed by atoms with Gasteiger partial charge in [-0.1, -0.05) is 12.1 Å². The molecule has 0 saturated heterocycles. The Kier molecular flexibility index (Phi) is 3.04. The Morgan fingerprint density at radius 3 is 3.06 bits per heavy atom. The number of fused-ring (bicyclic) bond motifs is 1. The number of rotatable bonds is 3. The Bertz CT molecular complexity index is 649. The Labute approximate surface area is 109 Å². The molecule has 2 heterocycles. The van der Waals surface area contributed by atoms with Crippen LogP contribution in [0.5, 0.6) is 0 Å². The van der Waals surface area contributed by atoms with Crippen molar-refractivity contribution >= 4 is 22.2 Å². The van der Waals surface area contributed by atoms with Gasteiger partial charge in [-0.05, 0) is 23.8 Å². The standard InChI is InChI=1S/C14H13N3S/c15-13(7-12-8-16-9-18-12)10-3-4-14-11(6-10)2-1-5-17-14/h1-6,8-9,13H,7,15H2. The lowest BCUT2D eigenvalue weighted by Crippen LogP contribution is -2.12. The van der Waals surface area contributed by atoms with Crippen LogP contribution in [-0.4, -0.2) is 9.97 Å². The zero-order valence-electron chi connectivity index (χ0n) is 9.78. The lowest BCUT2D eigenvalue weighted by atomic mass is 10.0. The van der Waals surface area contributed by atoms with Crippen LogP contribution >= 0.6 is 11.3 Å². The van der Waals surface area contributed by atoms with Crippen molar-refractivity contribution in [3.8, 4) is 0 Å². The van der Waals surface area contributed by atoms with Crippen molar-refractivity contribution < 1.29 is 0 Å². The minimum Gasteiger partial charge on any atom is -0.324 e. The molecule has 0 spiro atoms. The van der Waals surface area contributed by atoms with Gasteiger partial charge in [0.15, 0.2) is 0 Å². The summed E-state index contributed by atoms with van der Waals surface area (Å²) < 4.78 is 0. The molecule has 90 valence electrons. The summed E-state index contributed by atoms with van der Waals surface area (Å²) in [6, 6.07) is 10.2. The molecule has 3 aromatic rings. The van der Waals surface area contributed by atoms with Crippen molar-refractivity contribution in [1.29, 1.82) is 0 Å². The molecule has 0 bridgehead atoms. The molecule has 4 heteroatoms. The summed E-state index contributed by atoms with van der Waals surface area (Å²) >= 11 is 1.65. The molecule has 18 heavy (non-hydrogen) atoms. The first kappa shape index (κ1) is 11.3. The van der Waals surface area contributed by atoms with Crippen molar-refractivity contribution in [3.05, 3.63) is 58.7 Å². The fourth-order valence-electron chi connectivity index (χ4n) is 2.00. The Hall–Kier alpha value is -1.78. The quantitative estimate of drug-likeness (QED) is 0.783. The molecular formula is C14H13N3S. The summed E-state index contributed by atoms with van der Waals surface area (Å²) in [5.41, 5.74) is 10.2. The molecule has 1 unspecified atom stereocenters. The van der Waals surface area contributed by atoms with Crippen LogP contribution in [0.1, 0.15) is 16.5 Å². The highest BCUT2D eigenvalue weighted by molar-refractivity contribution is 7.09.